The third kappa shape index (κ3) is 2.43. The Morgan fingerprint density at radius 2 is 2.07 bits per heavy atom. The zero-order valence-electron chi connectivity index (χ0n) is 8.45. The van der Waals surface area contributed by atoms with Crippen LogP contribution in [-0.4, -0.2) is 5.11 Å². The minimum atomic E-state index is -0.455. The van der Waals surface area contributed by atoms with Crippen LogP contribution in [0.3, 0.4) is 0 Å². The summed E-state index contributed by atoms with van der Waals surface area (Å²) in [5.74, 6) is 0. The number of hydrogen-bond donors (Lipinski definition) is 1. The maximum atomic E-state index is 10.2. The fraction of sp³-hybridized carbons (Fsp3) is 0.273. The molecule has 0 amide bonds. The summed E-state index contributed by atoms with van der Waals surface area (Å²) in [5.41, 5.74) is 2.19. The zero-order valence-corrected chi connectivity index (χ0v) is 12.2. The van der Waals surface area contributed by atoms with Crippen LogP contribution in [0.15, 0.2) is 17.5 Å². The van der Waals surface area contributed by atoms with Gasteiger partial charge in [-0.2, -0.15) is 0 Å². The van der Waals surface area contributed by atoms with E-state index in [2.05, 4.69) is 42.5 Å². The molecule has 0 bridgehead atoms. The summed E-state index contributed by atoms with van der Waals surface area (Å²) in [6.45, 7) is 4.13. The van der Waals surface area contributed by atoms with Gasteiger partial charge in [0, 0.05) is 9.75 Å². The second-order valence-corrected chi connectivity index (χ2v) is 7.58. The molecule has 2 aromatic rings. The lowest BCUT2D eigenvalue weighted by atomic mass is 10.1. The van der Waals surface area contributed by atoms with Crippen LogP contribution >= 0.6 is 45.3 Å². The van der Waals surface area contributed by atoms with Crippen molar-refractivity contribution in [3.8, 4) is 0 Å². The summed E-state index contributed by atoms with van der Waals surface area (Å²) < 4.78 is 1.22. The smallest absolute Gasteiger partial charge is 0.114 e. The van der Waals surface area contributed by atoms with Crippen molar-refractivity contribution in [1.29, 1.82) is 0 Å². The molecule has 0 aliphatic heterocycles. The Balaban J connectivity index is 2.35. The van der Waals surface area contributed by atoms with Crippen LogP contribution in [-0.2, 0) is 0 Å². The zero-order chi connectivity index (χ0) is 11.0. The molecule has 0 saturated carbocycles. The Morgan fingerprint density at radius 1 is 1.33 bits per heavy atom. The van der Waals surface area contributed by atoms with Crippen LogP contribution in [0, 0.1) is 16.7 Å². The molecular weight excluding hydrogens is 339 g/mol. The average Bonchev–Trinajstić information content (AvgIpc) is 2.71. The van der Waals surface area contributed by atoms with Crippen LogP contribution in [0.5, 0.6) is 0 Å². The molecule has 1 unspecified atom stereocenters. The van der Waals surface area contributed by atoms with Gasteiger partial charge in [0.25, 0.3) is 0 Å². The molecule has 0 aliphatic rings. The first-order valence-corrected chi connectivity index (χ1v) is 7.34. The highest BCUT2D eigenvalue weighted by molar-refractivity contribution is 14.1. The largest absolute Gasteiger partial charge is 0.383 e. The molecule has 1 nitrogen and oxygen atoms in total. The molecule has 2 aromatic heterocycles. The predicted octanol–water partition coefficient (Wildman–Crippen LogP) is 4.11. The van der Waals surface area contributed by atoms with Crippen molar-refractivity contribution in [3.05, 3.63) is 41.3 Å². The van der Waals surface area contributed by atoms with Gasteiger partial charge >= 0.3 is 0 Å². The highest BCUT2D eigenvalue weighted by Gasteiger charge is 2.16. The maximum Gasteiger partial charge on any atom is 0.114 e. The lowest BCUT2D eigenvalue weighted by molar-refractivity contribution is 0.224. The first-order chi connectivity index (χ1) is 7.08. The van der Waals surface area contributed by atoms with Crippen LogP contribution < -0.4 is 0 Å². The fourth-order valence-electron chi connectivity index (χ4n) is 1.55. The summed E-state index contributed by atoms with van der Waals surface area (Å²) in [4.78, 5) is 2.33. The van der Waals surface area contributed by atoms with Crippen LogP contribution in [0.25, 0.3) is 0 Å². The van der Waals surface area contributed by atoms with Crippen molar-refractivity contribution in [2.75, 3.05) is 0 Å². The van der Waals surface area contributed by atoms with Crippen LogP contribution in [0.2, 0.25) is 0 Å². The Kier molecular flexibility index (Phi) is 3.49. The number of thiophene rings is 2. The SMILES string of the molecule is Cc1cc(C)c(C(O)c2csc(I)c2)s1. The van der Waals surface area contributed by atoms with Gasteiger partial charge in [0.05, 0.1) is 2.88 Å². The van der Waals surface area contributed by atoms with Gasteiger partial charge in [0.2, 0.25) is 0 Å². The predicted molar refractivity (Wildman–Crippen MR) is 74.9 cm³/mol. The summed E-state index contributed by atoms with van der Waals surface area (Å²) in [6, 6.07) is 4.17. The second kappa shape index (κ2) is 4.53. The molecule has 2 rings (SSSR count). The lowest BCUT2D eigenvalue weighted by Crippen LogP contribution is -1.96. The molecule has 4 heteroatoms. The molecule has 1 N–H and O–H groups in total. The van der Waals surface area contributed by atoms with E-state index >= 15 is 0 Å². The third-order valence-corrected chi connectivity index (χ3v) is 5.24. The maximum absolute atomic E-state index is 10.2. The average molecular weight is 350 g/mol. The van der Waals surface area contributed by atoms with E-state index in [-0.39, 0.29) is 0 Å². The van der Waals surface area contributed by atoms with E-state index in [1.807, 2.05) is 11.4 Å². The minimum absolute atomic E-state index is 0.455. The Hall–Kier alpha value is 0.0900. The van der Waals surface area contributed by atoms with Gasteiger partial charge in [-0.1, -0.05) is 0 Å². The number of halogens is 1. The first kappa shape index (κ1) is 11.6. The van der Waals surface area contributed by atoms with Crippen molar-refractivity contribution in [1.82, 2.24) is 0 Å². The van der Waals surface area contributed by atoms with Crippen LogP contribution in [0.1, 0.15) is 27.0 Å². The van der Waals surface area contributed by atoms with E-state index < -0.39 is 6.10 Å². The topological polar surface area (TPSA) is 20.2 Å². The van der Waals surface area contributed by atoms with E-state index in [0.29, 0.717) is 0 Å². The third-order valence-electron chi connectivity index (χ3n) is 2.23. The van der Waals surface area contributed by atoms with E-state index in [4.69, 9.17) is 0 Å². The summed E-state index contributed by atoms with van der Waals surface area (Å²) in [5, 5.41) is 12.2. The molecule has 2 heterocycles. The Labute approximate surface area is 111 Å². The number of hydrogen-bond acceptors (Lipinski definition) is 3. The molecule has 0 saturated heterocycles. The minimum Gasteiger partial charge on any atom is -0.383 e. The van der Waals surface area contributed by atoms with Crippen molar-refractivity contribution in [2.45, 2.75) is 20.0 Å². The van der Waals surface area contributed by atoms with Gasteiger partial charge in [0.15, 0.2) is 0 Å². The molecule has 80 valence electrons. The number of aliphatic hydroxyl groups is 1. The van der Waals surface area contributed by atoms with Crippen molar-refractivity contribution < 1.29 is 5.11 Å². The number of rotatable bonds is 2. The number of aliphatic hydroxyl groups excluding tert-OH is 1. The molecule has 0 aromatic carbocycles. The van der Waals surface area contributed by atoms with Gasteiger partial charge in [-0.05, 0) is 65.1 Å². The molecule has 0 fully saturated rings. The highest BCUT2D eigenvalue weighted by atomic mass is 127. The normalized spacial score (nSPS) is 13.1. The molecule has 0 radical (unpaired) electrons. The van der Waals surface area contributed by atoms with Crippen molar-refractivity contribution in [3.63, 3.8) is 0 Å². The summed E-state index contributed by atoms with van der Waals surface area (Å²) >= 11 is 5.63. The van der Waals surface area contributed by atoms with Crippen molar-refractivity contribution in [2.24, 2.45) is 0 Å². The van der Waals surface area contributed by atoms with Gasteiger partial charge in [-0.3, -0.25) is 0 Å². The van der Waals surface area contributed by atoms with Gasteiger partial charge < -0.3 is 5.11 Å². The molecule has 0 spiro atoms. The molecular formula is C11H11IOS2. The number of aryl methyl sites for hydroxylation is 2. The van der Waals surface area contributed by atoms with E-state index in [1.165, 1.54) is 13.3 Å². The molecule has 15 heavy (non-hydrogen) atoms. The summed E-state index contributed by atoms with van der Waals surface area (Å²) in [7, 11) is 0. The van der Waals surface area contributed by atoms with Crippen molar-refractivity contribution >= 4 is 45.3 Å². The molecule has 1 atom stereocenters. The van der Waals surface area contributed by atoms with Gasteiger partial charge in [-0.25, -0.2) is 0 Å². The van der Waals surface area contributed by atoms with Crippen LogP contribution in [0.4, 0.5) is 0 Å². The van der Waals surface area contributed by atoms with E-state index in [9.17, 15) is 5.11 Å². The summed E-state index contributed by atoms with van der Waals surface area (Å²) in [6.07, 6.45) is -0.455. The standard InChI is InChI=1S/C11H11IOS2/c1-6-3-7(2)15-11(6)10(13)8-4-9(12)14-5-8/h3-5,10,13H,1-2H3. The van der Waals surface area contributed by atoms with Gasteiger partial charge in [0.1, 0.15) is 6.10 Å². The van der Waals surface area contributed by atoms with E-state index in [0.717, 1.165) is 10.4 Å². The first-order valence-electron chi connectivity index (χ1n) is 4.57. The second-order valence-electron chi connectivity index (χ2n) is 3.49. The lowest BCUT2D eigenvalue weighted by Gasteiger charge is -2.07. The Bertz CT molecular complexity index is 473. The molecule has 0 aliphatic carbocycles. The fourth-order valence-corrected chi connectivity index (χ4v) is 3.99. The highest BCUT2D eigenvalue weighted by Crippen LogP contribution is 2.33. The van der Waals surface area contributed by atoms with E-state index in [1.54, 1.807) is 22.7 Å². The quantitative estimate of drug-likeness (QED) is 0.808. The van der Waals surface area contributed by atoms with Gasteiger partial charge in [-0.15, -0.1) is 22.7 Å². The monoisotopic (exact) mass is 350 g/mol. The Morgan fingerprint density at radius 3 is 2.53 bits per heavy atom.